The SMILES string of the molecule is CC(C)NC(=S)N1CC[NH+](Cc2ccc3c(c2)CCO3)CC1. The molecule has 0 atom stereocenters. The third-order valence-corrected chi connectivity index (χ3v) is 4.75. The first-order chi connectivity index (χ1) is 10.6. The standard InChI is InChI=1S/C17H25N3OS/c1-13(2)18-17(22)20-8-6-19(7-9-20)12-14-3-4-16-15(11-14)5-10-21-16/h3-4,11,13H,5-10,12H2,1-2H3,(H,18,22)/p+1. The number of nitrogens with one attached hydrogen (secondary N) is 2. The average Bonchev–Trinajstić information content (AvgIpc) is 2.95. The van der Waals surface area contributed by atoms with Crippen LogP contribution in [0, 0.1) is 0 Å². The number of nitrogens with zero attached hydrogens (tertiary/aromatic N) is 1. The van der Waals surface area contributed by atoms with Crippen molar-refractivity contribution >= 4 is 17.3 Å². The maximum Gasteiger partial charge on any atom is 0.169 e. The van der Waals surface area contributed by atoms with Crippen molar-refractivity contribution in [3.63, 3.8) is 0 Å². The summed E-state index contributed by atoms with van der Waals surface area (Å²) in [4.78, 5) is 3.94. The second-order valence-corrected chi connectivity index (χ2v) is 6.95. The molecule has 2 N–H and O–H groups in total. The van der Waals surface area contributed by atoms with E-state index in [-0.39, 0.29) is 0 Å². The fourth-order valence-electron chi connectivity index (χ4n) is 3.18. The Bertz CT molecular complexity index is 539. The van der Waals surface area contributed by atoms with Gasteiger partial charge in [0.15, 0.2) is 5.11 Å². The largest absolute Gasteiger partial charge is 0.493 e. The highest BCUT2D eigenvalue weighted by atomic mass is 32.1. The van der Waals surface area contributed by atoms with E-state index in [1.165, 1.54) is 11.1 Å². The van der Waals surface area contributed by atoms with Crippen molar-refractivity contribution in [1.29, 1.82) is 0 Å². The number of piperazine rings is 1. The van der Waals surface area contributed by atoms with Gasteiger partial charge in [-0.1, -0.05) is 0 Å². The van der Waals surface area contributed by atoms with Gasteiger partial charge in [0.05, 0.1) is 32.8 Å². The minimum atomic E-state index is 0.409. The summed E-state index contributed by atoms with van der Waals surface area (Å²) in [5, 5.41) is 4.25. The Balaban J connectivity index is 1.51. The second-order valence-electron chi connectivity index (χ2n) is 6.56. The molecule has 120 valence electrons. The van der Waals surface area contributed by atoms with Gasteiger partial charge in [0.1, 0.15) is 12.3 Å². The van der Waals surface area contributed by atoms with Crippen molar-refractivity contribution in [2.24, 2.45) is 0 Å². The molecule has 1 saturated heterocycles. The number of ether oxygens (including phenoxy) is 1. The molecule has 0 amide bonds. The Morgan fingerprint density at radius 2 is 2.14 bits per heavy atom. The molecule has 4 nitrogen and oxygen atoms in total. The molecule has 2 aliphatic heterocycles. The molecular weight excluding hydrogens is 294 g/mol. The molecule has 2 heterocycles. The zero-order valence-corrected chi connectivity index (χ0v) is 14.3. The van der Waals surface area contributed by atoms with Crippen molar-refractivity contribution < 1.29 is 9.64 Å². The fourth-order valence-corrected chi connectivity index (χ4v) is 3.60. The van der Waals surface area contributed by atoms with E-state index in [1.807, 2.05) is 0 Å². The second kappa shape index (κ2) is 6.84. The first-order valence-corrected chi connectivity index (χ1v) is 8.66. The van der Waals surface area contributed by atoms with Gasteiger partial charge < -0.3 is 19.9 Å². The van der Waals surface area contributed by atoms with E-state index in [1.54, 1.807) is 4.90 Å². The molecule has 0 bridgehead atoms. The summed E-state index contributed by atoms with van der Waals surface area (Å²) in [5.41, 5.74) is 2.80. The molecule has 0 aliphatic carbocycles. The first-order valence-electron chi connectivity index (χ1n) is 8.25. The third kappa shape index (κ3) is 3.70. The zero-order valence-electron chi connectivity index (χ0n) is 13.5. The van der Waals surface area contributed by atoms with Crippen LogP contribution in [0.4, 0.5) is 0 Å². The van der Waals surface area contributed by atoms with Crippen molar-refractivity contribution in [2.75, 3.05) is 32.8 Å². The molecule has 0 aromatic heterocycles. The van der Waals surface area contributed by atoms with Crippen LogP contribution in [0.5, 0.6) is 5.75 Å². The average molecular weight is 320 g/mol. The molecule has 0 unspecified atom stereocenters. The van der Waals surface area contributed by atoms with Crippen LogP contribution in [0.3, 0.4) is 0 Å². The van der Waals surface area contributed by atoms with Crippen LogP contribution in [0.1, 0.15) is 25.0 Å². The van der Waals surface area contributed by atoms with Crippen LogP contribution >= 0.6 is 12.2 Å². The molecule has 22 heavy (non-hydrogen) atoms. The first kappa shape index (κ1) is 15.6. The molecule has 0 radical (unpaired) electrons. The Kier molecular flexibility index (Phi) is 4.84. The summed E-state index contributed by atoms with van der Waals surface area (Å²) in [6.07, 6.45) is 1.06. The highest BCUT2D eigenvalue weighted by Crippen LogP contribution is 2.25. The predicted molar refractivity (Wildman–Crippen MR) is 92.5 cm³/mol. The fraction of sp³-hybridized carbons (Fsp3) is 0.588. The van der Waals surface area contributed by atoms with Gasteiger partial charge in [-0.2, -0.15) is 0 Å². The maximum absolute atomic E-state index is 5.58. The van der Waals surface area contributed by atoms with Gasteiger partial charge in [-0.05, 0) is 49.8 Å². The number of quaternary nitrogens is 1. The predicted octanol–water partition coefficient (Wildman–Crippen LogP) is 0.605. The Hall–Kier alpha value is -1.33. The van der Waals surface area contributed by atoms with Crippen LogP contribution in [0.25, 0.3) is 0 Å². The monoisotopic (exact) mass is 320 g/mol. The van der Waals surface area contributed by atoms with E-state index >= 15 is 0 Å². The summed E-state index contributed by atoms with van der Waals surface area (Å²) in [6.45, 7) is 10.6. The molecule has 1 aromatic carbocycles. The van der Waals surface area contributed by atoms with Crippen molar-refractivity contribution in [3.8, 4) is 5.75 Å². The van der Waals surface area contributed by atoms with E-state index in [4.69, 9.17) is 17.0 Å². The molecule has 0 spiro atoms. The van der Waals surface area contributed by atoms with Gasteiger partial charge in [-0.3, -0.25) is 0 Å². The molecule has 2 aliphatic rings. The van der Waals surface area contributed by atoms with Crippen LogP contribution < -0.4 is 15.0 Å². The third-order valence-electron chi connectivity index (χ3n) is 4.38. The van der Waals surface area contributed by atoms with Crippen molar-refractivity contribution in [1.82, 2.24) is 10.2 Å². The van der Waals surface area contributed by atoms with E-state index in [0.717, 1.165) is 56.6 Å². The van der Waals surface area contributed by atoms with Crippen LogP contribution in [-0.2, 0) is 13.0 Å². The summed E-state index contributed by atoms with van der Waals surface area (Å²) >= 11 is 5.46. The van der Waals surface area contributed by atoms with Gasteiger partial charge in [-0.15, -0.1) is 0 Å². The highest BCUT2D eigenvalue weighted by Gasteiger charge is 2.22. The quantitative estimate of drug-likeness (QED) is 0.799. The molecule has 1 aromatic rings. The Morgan fingerprint density at radius 1 is 1.36 bits per heavy atom. The van der Waals surface area contributed by atoms with Gasteiger partial charge in [0.25, 0.3) is 0 Å². The lowest BCUT2D eigenvalue weighted by molar-refractivity contribution is -0.917. The minimum absolute atomic E-state index is 0.409. The van der Waals surface area contributed by atoms with Gasteiger partial charge in [0.2, 0.25) is 0 Å². The molecular formula is C17H26N3OS+. The van der Waals surface area contributed by atoms with Gasteiger partial charge in [-0.25, -0.2) is 0 Å². The highest BCUT2D eigenvalue weighted by molar-refractivity contribution is 7.80. The van der Waals surface area contributed by atoms with Crippen molar-refractivity contribution in [3.05, 3.63) is 29.3 Å². The normalized spacial score (nSPS) is 18.2. The van der Waals surface area contributed by atoms with Crippen molar-refractivity contribution in [2.45, 2.75) is 32.9 Å². The van der Waals surface area contributed by atoms with E-state index in [9.17, 15) is 0 Å². The summed E-state index contributed by atoms with van der Waals surface area (Å²) in [6, 6.07) is 7.09. The Labute approximate surface area is 138 Å². The number of rotatable bonds is 3. The molecule has 5 heteroatoms. The van der Waals surface area contributed by atoms with E-state index < -0.39 is 0 Å². The number of fused-ring (bicyclic) bond motifs is 1. The molecule has 1 fully saturated rings. The van der Waals surface area contributed by atoms with Gasteiger partial charge >= 0.3 is 0 Å². The van der Waals surface area contributed by atoms with Gasteiger partial charge in [0, 0.05) is 18.0 Å². The summed E-state index contributed by atoms with van der Waals surface area (Å²) in [5.74, 6) is 1.08. The zero-order chi connectivity index (χ0) is 15.5. The number of hydrogen-bond donors (Lipinski definition) is 2. The molecule has 0 saturated carbocycles. The maximum atomic E-state index is 5.58. The summed E-state index contributed by atoms with van der Waals surface area (Å²) < 4.78 is 5.58. The number of thiocarbonyl (C=S) groups is 1. The lowest BCUT2D eigenvalue weighted by Gasteiger charge is -2.34. The minimum Gasteiger partial charge on any atom is -0.493 e. The topological polar surface area (TPSA) is 28.9 Å². The van der Waals surface area contributed by atoms with Crippen LogP contribution in [-0.4, -0.2) is 48.8 Å². The van der Waals surface area contributed by atoms with E-state index in [2.05, 4.69) is 42.3 Å². The number of benzene rings is 1. The lowest BCUT2D eigenvalue weighted by atomic mass is 10.1. The summed E-state index contributed by atoms with van der Waals surface area (Å²) in [7, 11) is 0. The number of hydrogen-bond acceptors (Lipinski definition) is 2. The van der Waals surface area contributed by atoms with Crippen LogP contribution in [0.15, 0.2) is 18.2 Å². The Morgan fingerprint density at radius 3 is 2.86 bits per heavy atom. The molecule has 3 rings (SSSR count). The lowest BCUT2D eigenvalue weighted by Crippen LogP contribution is -3.13. The smallest absolute Gasteiger partial charge is 0.169 e. The van der Waals surface area contributed by atoms with E-state index in [0.29, 0.717) is 6.04 Å². The van der Waals surface area contributed by atoms with Crippen LogP contribution in [0.2, 0.25) is 0 Å².